The van der Waals surface area contributed by atoms with Gasteiger partial charge in [0, 0.05) is 4.47 Å². The number of carbonyl (C=O) groups is 2. The first-order valence-electron chi connectivity index (χ1n) is 4.94. The van der Waals surface area contributed by atoms with Crippen LogP contribution in [0, 0.1) is 0 Å². The monoisotopic (exact) mass is 383 g/mol. The minimum Gasteiger partial charge on any atom is -0.480 e. The molecule has 1 aromatic heterocycles. The molecule has 2 N–H and O–H groups in total. The fourth-order valence-corrected chi connectivity index (χ4v) is 3.17. The van der Waals surface area contributed by atoms with Crippen molar-refractivity contribution in [3.8, 4) is 0 Å². The average Bonchev–Trinajstić information content (AvgIpc) is 2.58. The van der Waals surface area contributed by atoms with E-state index in [-0.39, 0.29) is 5.91 Å². The molecule has 1 unspecified atom stereocenters. The van der Waals surface area contributed by atoms with Crippen LogP contribution >= 0.6 is 43.2 Å². The van der Waals surface area contributed by atoms with Crippen molar-refractivity contribution in [2.24, 2.45) is 0 Å². The largest absolute Gasteiger partial charge is 0.480 e. The van der Waals surface area contributed by atoms with E-state index >= 15 is 0 Å². The Morgan fingerprint density at radius 1 is 1.53 bits per heavy atom. The molecule has 0 aliphatic carbocycles. The number of halogens is 2. The lowest BCUT2D eigenvalue weighted by atomic mass is 10.1. The lowest BCUT2D eigenvalue weighted by Crippen LogP contribution is -2.40. The van der Waals surface area contributed by atoms with E-state index in [4.69, 9.17) is 5.11 Å². The van der Waals surface area contributed by atoms with Crippen LogP contribution in [0.3, 0.4) is 0 Å². The van der Waals surface area contributed by atoms with Crippen molar-refractivity contribution < 1.29 is 14.7 Å². The van der Waals surface area contributed by atoms with Gasteiger partial charge in [0.05, 0.1) is 8.66 Å². The van der Waals surface area contributed by atoms with E-state index < -0.39 is 12.0 Å². The van der Waals surface area contributed by atoms with Gasteiger partial charge < -0.3 is 10.4 Å². The smallest absolute Gasteiger partial charge is 0.326 e. The lowest BCUT2D eigenvalue weighted by Gasteiger charge is -2.12. The quantitative estimate of drug-likeness (QED) is 0.818. The Morgan fingerprint density at radius 2 is 2.18 bits per heavy atom. The number of hydrogen-bond acceptors (Lipinski definition) is 3. The maximum Gasteiger partial charge on any atom is 0.326 e. The van der Waals surface area contributed by atoms with Crippen molar-refractivity contribution in [2.45, 2.75) is 25.8 Å². The van der Waals surface area contributed by atoms with Crippen molar-refractivity contribution in [2.75, 3.05) is 0 Å². The van der Waals surface area contributed by atoms with E-state index in [2.05, 4.69) is 37.2 Å². The number of hydrogen-bond donors (Lipinski definition) is 2. The number of aliphatic carboxylic acids is 1. The summed E-state index contributed by atoms with van der Waals surface area (Å²) in [5, 5.41) is 11.4. The third-order valence-electron chi connectivity index (χ3n) is 2.05. The van der Waals surface area contributed by atoms with Gasteiger partial charge in [0.2, 0.25) is 0 Å². The van der Waals surface area contributed by atoms with Gasteiger partial charge in [-0.15, -0.1) is 11.3 Å². The Morgan fingerprint density at radius 3 is 2.59 bits per heavy atom. The minimum atomic E-state index is -1.00. The Hall–Kier alpha value is -0.400. The summed E-state index contributed by atoms with van der Waals surface area (Å²) in [6.07, 6.45) is 1.13. The van der Waals surface area contributed by atoms with Gasteiger partial charge in [-0.1, -0.05) is 13.3 Å². The minimum absolute atomic E-state index is 0.359. The van der Waals surface area contributed by atoms with Crippen molar-refractivity contribution in [3.63, 3.8) is 0 Å². The summed E-state index contributed by atoms with van der Waals surface area (Å²) < 4.78 is 1.60. The van der Waals surface area contributed by atoms with Crippen molar-refractivity contribution >= 4 is 55.1 Å². The number of thiophene rings is 1. The fourth-order valence-electron chi connectivity index (χ4n) is 1.23. The van der Waals surface area contributed by atoms with Crippen LogP contribution in [-0.2, 0) is 4.79 Å². The van der Waals surface area contributed by atoms with Crippen molar-refractivity contribution in [1.29, 1.82) is 0 Å². The molecular formula is C10H11Br2NO3S. The van der Waals surface area contributed by atoms with E-state index in [0.717, 1.165) is 8.26 Å². The molecule has 0 bridgehead atoms. The van der Waals surface area contributed by atoms with Crippen molar-refractivity contribution in [1.82, 2.24) is 5.32 Å². The van der Waals surface area contributed by atoms with Crippen LogP contribution in [0.2, 0.25) is 0 Å². The van der Waals surface area contributed by atoms with Gasteiger partial charge in [-0.05, 0) is 44.3 Å². The molecule has 94 valence electrons. The summed E-state index contributed by atoms with van der Waals surface area (Å²) in [6.45, 7) is 1.88. The standard InChI is InChI=1S/C10H11Br2NO3S/c1-2-3-6(10(15)16)13-9(14)7-4-5(11)8(12)17-7/h4,6H,2-3H2,1H3,(H,13,14)(H,15,16). The van der Waals surface area contributed by atoms with Gasteiger partial charge in [-0.2, -0.15) is 0 Å². The molecule has 0 saturated carbocycles. The van der Waals surface area contributed by atoms with E-state index in [1.165, 1.54) is 11.3 Å². The second-order valence-corrected chi connectivity index (χ2v) is 6.61. The molecule has 1 heterocycles. The number of nitrogens with one attached hydrogen (secondary N) is 1. The summed E-state index contributed by atoms with van der Waals surface area (Å²) in [6, 6.07) is 0.835. The summed E-state index contributed by atoms with van der Waals surface area (Å²) in [4.78, 5) is 23.2. The summed E-state index contributed by atoms with van der Waals surface area (Å²) in [7, 11) is 0. The van der Waals surface area contributed by atoms with Gasteiger partial charge in [-0.25, -0.2) is 4.79 Å². The zero-order valence-corrected chi connectivity index (χ0v) is 13.0. The van der Waals surface area contributed by atoms with Gasteiger partial charge in [0.1, 0.15) is 6.04 Å². The van der Waals surface area contributed by atoms with Crippen LogP contribution < -0.4 is 5.32 Å². The highest BCUT2D eigenvalue weighted by molar-refractivity contribution is 9.13. The summed E-state index contributed by atoms with van der Waals surface area (Å²) in [5.74, 6) is -1.36. The number of carboxylic acid groups (broad SMARTS) is 1. The van der Waals surface area contributed by atoms with Gasteiger partial charge in [0.25, 0.3) is 5.91 Å². The average molecular weight is 385 g/mol. The first kappa shape index (κ1) is 14.7. The van der Waals surface area contributed by atoms with Crippen molar-refractivity contribution in [3.05, 3.63) is 19.2 Å². The Labute approximate surface area is 120 Å². The highest BCUT2D eigenvalue weighted by Crippen LogP contribution is 2.32. The molecule has 1 rings (SSSR count). The second kappa shape index (κ2) is 6.51. The van der Waals surface area contributed by atoms with Gasteiger partial charge >= 0.3 is 5.97 Å². The molecule has 17 heavy (non-hydrogen) atoms. The summed E-state index contributed by atoms with van der Waals surface area (Å²) >= 11 is 7.82. The number of amides is 1. The van der Waals surface area contributed by atoms with Crippen LogP contribution in [-0.4, -0.2) is 23.0 Å². The maximum absolute atomic E-state index is 11.8. The second-order valence-electron chi connectivity index (χ2n) is 3.39. The molecule has 1 amide bonds. The Kier molecular flexibility index (Phi) is 5.61. The molecule has 1 atom stereocenters. The zero-order chi connectivity index (χ0) is 13.0. The Bertz CT molecular complexity index is 414. The predicted octanol–water partition coefficient (Wildman–Crippen LogP) is 3.26. The number of carboxylic acids is 1. The van der Waals surface area contributed by atoms with Gasteiger partial charge in [0.15, 0.2) is 0 Å². The normalized spacial score (nSPS) is 12.2. The molecule has 0 aromatic carbocycles. The van der Waals surface area contributed by atoms with Crippen LogP contribution in [0.15, 0.2) is 14.3 Å². The lowest BCUT2D eigenvalue weighted by molar-refractivity contribution is -0.139. The zero-order valence-electron chi connectivity index (χ0n) is 9.00. The molecule has 0 aliphatic rings. The predicted molar refractivity (Wildman–Crippen MR) is 73.5 cm³/mol. The van der Waals surface area contributed by atoms with E-state index in [1.54, 1.807) is 6.07 Å². The molecular weight excluding hydrogens is 374 g/mol. The van der Waals surface area contributed by atoms with E-state index in [1.807, 2.05) is 6.92 Å². The maximum atomic E-state index is 11.8. The molecule has 0 spiro atoms. The molecule has 0 saturated heterocycles. The highest BCUT2D eigenvalue weighted by Gasteiger charge is 2.21. The molecule has 0 fully saturated rings. The fraction of sp³-hybridized carbons (Fsp3) is 0.400. The van der Waals surface area contributed by atoms with Crippen LogP contribution in [0.4, 0.5) is 0 Å². The first-order chi connectivity index (χ1) is 7.95. The number of carbonyl (C=O) groups excluding carboxylic acids is 1. The molecule has 0 aliphatic heterocycles. The highest BCUT2D eigenvalue weighted by atomic mass is 79.9. The molecule has 1 aromatic rings. The summed E-state index contributed by atoms with van der Waals surface area (Å²) in [5.41, 5.74) is 0. The molecule has 7 heteroatoms. The van der Waals surface area contributed by atoms with Crippen LogP contribution in [0.5, 0.6) is 0 Å². The van der Waals surface area contributed by atoms with Crippen LogP contribution in [0.25, 0.3) is 0 Å². The van der Waals surface area contributed by atoms with E-state index in [0.29, 0.717) is 17.7 Å². The van der Waals surface area contributed by atoms with Crippen LogP contribution in [0.1, 0.15) is 29.4 Å². The molecule has 4 nitrogen and oxygen atoms in total. The Balaban J connectivity index is 2.73. The first-order valence-corrected chi connectivity index (χ1v) is 7.34. The third kappa shape index (κ3) is 4.08. The molecule has 0 radical (unpaired) electrons. The topological polar surface area (TPSA) is 66.4 Å². The number of rotatable bonds is 5. The van der Waals surface area contributed by atoms with E-state index in [9.17, 15) is 9.59 Å². The SMILES string of the molecule is CCCC(NC(=O)c1cc(Br)c(Br)s1)C(=O)O. The van der Waals surface area contributed by atoms with Gasteiger partial charge in [-0.3, -0.25) is 4.79 Å². The third-order valence-corrected chi connectivity index (χ3v) is 5.30.